The van der Waals surface area contributed by atoms with Crippen LogP contribution in [0.4, 0.5) is 0 Å². The Balaban J connectivity index is 2.61. The molecule has 1 aliphatic heterocycles. The van der Waals surface area contributed by atoms with Gasteiger partial charge in [0.2, 0.25) is 11.7 Å². The molecular formula is C14H24N2O7. The zero-order valence-corrected chi connectivity index (χ0v) is 12.9. The molecule has 1 heterocycles. The van der Waals surface area contributed by atoms with Gasteiger partial charge < -0.3 is 36.2 Å². The van der Waals surface area contributed by atoms with E-state index in [4.69, 9.17) is 15.6 Å². The quantitative estimate of drug-likeness (QED) is 0.299. The molecule has 0 bridgehead atoms. The normalized spacial score (nSPS) is 26.7. The lowest BCUT2D eigenvalue weighted by atomic mass is 9.94. The molecule has 0 aromatic carbocycles. The Morgan fingerprint density at radius 3 is 2.65 bits per heavy atom. The van der Waals surface area contributed by atoms with Crippen molar-refractivity contribution in [2.45, 2.75) is 56.6 Å². The van der Waals surface area contributed by atoms with Crippen molar-refractivity contribution in [3.8, 4) is 0 Å². The maximum atomic E-state index is 11.5. The third kappa shape index (κ3) is 5.47. The Morgan fingerprint density at radius 1 is 1.43 bits per heavy atom. The zero-order chi connectivity index (χ0) is 17.6. The third-order valence-corrected chi connectivity index (χ3v) is 3.57. The summed E-state index contributed by atoms with van der Waals surface area (Å²) in [6.45, 7) is 1.70. The summed E-state index contributed by atoms with van der Waals surface area (Å²) in [6.07, 6.45) is -2.85. The molecule has 1 amide bonds. The molecule has 132 valence electrons. The minimum absolute atomic E-state index is 0.238. The van der Waals surface area contributed by atoms with E-state index in [2.05, 4.69) is 5.32 Å². The predicted octanol–water partition coefficient (Wildman–Crippen LogP) is -1.93. The standard InChI is InChI=1S/C14H24N2O7/c1-2-3-4-10(19)16-6-8(18)12(20)13-11(15)7(17)5-9(23-13)14(21)22/h5,7-8,11-13,17-18,20H,2-4,6,15H2,1H3,(H,16,19)(H,21,22)/t7?,8-,11+,12-,13?/m0/s1. The van der Waals surface area contributed by atoms with Gasteiger partial charge in [-0.25, -0.2) is 4.79 Å². The largest absolute Gasteiger partial charge is 0.479 e. The van der Waals surface area contributed by atoms with E-state index in [0.29, 0.717) is 12.8 Å². The minimum atomic E-state index is -1.57. The predicted molar refractivity (Wildman–Crippen MR) is 79.1 cm³/mol. The highest BCUT2D eigenvalue weighted by molar-refractivity contribution is 5.84. The summed E-state index contributed by atoms with van der Waals surface area (Å²) in [5.41, 5.74) is 5.67. The van der Waals surface area contributed by atoms with Gasteiger partial charge in [-0.3, -0.25) is 4.79 Å². The molecule has 5 atom stereocenters. The van der Waals surface area contributed by atoms with Crippen LogP contribution in [-0.4, -0.2) is 69.3 Å². The summed E-state index contributed by atoms with van der Waals surface area (Å²) < 4.78 is 5.04. The summed E-state index contributed by atoms with van der Waals surface area (Å²) >= 11 is 0. The van der Waals surface area contributed by atoms with Gasteiger partial charge in [-0.2, -0.15) is 0 Å². The van der Waals surface area contributed by atoms with Gasteiger partial charge in [0.25, 0.3) is 0 Å². The number of hydrogen-bond donors (Lipinski definition) is 6. The van der Waals surface area contributed by atoms with E-state index in [1.807, 2.05) is 6.92 Å². The van der Waals surface area contributed by atoms with Crippen molar-refractivity contribution in [1.29, 1.82) is 0 Å². The first-order valence-corrected chi connectivity index (χ1v) is 7.46. The number of rotatable bonds is 8. The molecule has 9 heteroatoms. The van der Waals surface area contributed by atoms with Crippen LogP contribution in [0, 0.1) is 0 Å². The van der Waals surface area contributed by atoms with Crippen molar-refractivity contribution in [1.82, 2.24) is 5.32 Å². The molecule has 1 rings (SSSR count). The SMILES string of the molecule is CCCCC(=O)NC[C@H](O)[C@H](O)C1OC(C(=O)O)=CC(O)[C@H]1N. The van der Waals surface area contributed by atoms with Crippen molar-refractivity contribution in [3.63, 3.8) is 0 Å². The van der Waals surface area contributed by atoms with E-state index in [-0.39, 0.29) is 12.5 Å². The molecule has 0 aromatic rings. The van der Waals surface area contributed by atoms with Gasteiger partial charge in [0, 0.05) is 13.0 Å². The highest BCUT2D eigenvalue weighted by Gasteiger charge is 2.40. The van der Waals surface area contributed by atoms with Gasteiger partial charge in [0.05, 0.1) is 12.1 Å². The lowest BCUT2D eigenvalue weighted by Crippen LogP contribution is -2.58. The van der Waals surface area contributed by atoms with Gasteiger partial charge in [0.1, 0.15) is 18.3 Å². The molecule has 23 heavy (non-hydrogen) atoms. The number of nitrogens with one attached hydrogen (secondary N) is 1. The average molecular weight is 332 g/mol. The Labute approximate surface area is 133 Å². The summed E-state index contributed by atoms with van der Waals surface area (Å²) in [4.78, 5) is 22.4. The zero-order valence-electron chi connectivity index (χ0n) is 12.9. The Morgan fingerprint density at radius 2 is 2.09 bits per heavy atom. The van der Waals surface area contributed by atoms with E-state index in [1.165, 1.54) is 0 Å². The molecule has 0 aliphatic carbocycles. The van der Waals surface area contributed by atoms with Gasteiger partial charge in [-0.1, -0.05) is 13.3 Å². The first kappa shape index (κ1) is 19.4. The second-order valence-electron chi connectivity index (χ2n) is 5.45. The molecule has 0 spiro atoms. The topological polar surface area (TPSA) is 162 Å². The summed E-state index contributed by atoms with van der Waals surface area (Å²) in [5, 5.41) is 41.1. The Bertz CT molecular complexity index is 454. The van der Waals surface area contributed by atoms with Crippen LogP contribution in [0.15, 0.2) is 11.8 Å². The molecule has 0 aromatic heterocycles. The second-order valence-corrected chi connectivity index (χ2v) is 5.45. The molecule has 9 nitrogen and oxygen atoms in total. The molecule has 7 N–H and O–H groups in total. The van der Waals surface area contributed by atoms with E-state index >= 15 is 0 Å². The van der Waals surface area contributed by atoms with Crippen molar-refractivity contribution < 1.29 is 34.8 Å². The number of nitrogens with two attached hydrogens (primary N) is 1. The van der Waals surface area contributed by atoms with Gasteiger partial charge in [-0.05, 0) is 12.5 Å². The number of ether oxygens (including phenoxy) is 1. The maximum Gasteiger partial charge on any atom is 0.370 e. The van der Waals surface area contributed by atoms with Crippen molar-refractivity contribution in [3.05, 3.63) is 11.8 Å². The molecular weight excluding hydrogens is 308 g/mol. The number of amides is 1. The van der Waals surface area contributed by atoms with Crippen LogP contribution in [0.3, 0.4) is 0 Å². The number of aliphatic carboxylic acids is 1. The summed E-state index contributed by atoms with van der Waals surface area (Å²) in [5.74, 6) is -2.24. The highest BCUT2D eigenvalue weighted by Crippen LogP contribution is 2.21. The van der Waals surface area contributed by atoms with Gasteiger partial charge in [-0.15, -0.1) is 0 Å². The van der Waals surface area contributed by atoms with E-state index in [0.717, 1.165) is 12.5 Å². The third-order valence-electron chi connectivity index (χ3n) is 3.57. The second kappa shape index (κ2) is 8.82. The van der Waals surface area contributed by atoms with Crippen LogP contribution in [0.5, 0.6) is 0 Å². The maximum absolute atomic E-state index is 11.5. The first-order chi connectivity index (χ1) is 10.8. The summed E-state index contributed by atoms with van der Waals surface area (Å²) in [6, 6.07) is -1.11. The van der Waals surface area contributed by atoms with E-state index < -0.39 is 42.2 Å². The van der Waals surface area contributed by atoms with Crippen LogP contribution >= 0.6 is 0 Å². The minimum Gasteiger partial charge on any atom is -0.479 e. The molecule has 0 saturated carbocycles. The van der Waals surface area contributed by atoms with Crippen LogP contribution in [-0.2, 0) is 14.3 Å². The lowest BCUT2D eigenvalue weighted by Gasteiger charge is -2.36. The van der Waals surface area contributed by atoms with Crippen molar-refractivity contribution in [2.75, 3.05) is 6.54 Å². The van der Waals surface area contributed by atoms with Crippen LogP contribution in [0.2, 0.25) is 0 Å². The van der Waals surface area contributed by atoms with Gasteiger partial charge >= 0.3 is 5.97 Å². The van der Waals surface area contributed by atoms with E-state index in [1.54, 1.807) is 0 Å². The summed E-state index contributed by atoms with van der Waals surface area (Å²) in [7, 11) is 0. The molecule has 2 unspecified atom stereocenters. The lowest BCUT2D eigenvalue weighted by molar-refractivity contribution is -0.145. The Kier molecular flexibility index (Phi) is 7.43. The average Bonchev–Trinajstić information content (AvgIpc) is 2.51. The fraction of sp³-hybridized carbons (Fsp3) is 0.714. The molecule has 1 aliphatic rings. The molecule has 0 fully saturated rings. The van der Waals surface area contributed by atoms with Crippen molar-refractivity contribution in [2.24, 2.45) is 5.73 Å². The number of hydrogen-bond acceptors (Lipinski definition) is 7. The number of carbonyl (C=O) groups is 2. The smallest absolute Gasteiger partial charge is 0.370 e. The van der Waals surface area contributed by atoms with Crippen LogP contribution in [0.1, 0.15) is 26.2 Å². The van der Waals surface area contributed by atoms with Crippen molar-refractivity contribution >= 4 is 11.9 Å². The number of aliphatic hydroxyl groups is 3. The number of aliphatic hydroxyl groups excluding tert-OH is 3. The van der Waals surface area contributed by atoms with Gasteiger partial charge in [0.15, 0.2) is 0 Å². The van der Waals surface area contributed by atoms with Crippen LogP contribution in [0.25, 0.3) is 0 Å². The fourth-order valence-electron chi connectivity index (χ4n) is 2.13. The van der Waals surface area contributed by atoms with E-state index in [9.17, 15) is 24.9 Å². The monoisotopic (exact) mass is 332 g/mol. The number of carbonyl (C=O) groups excluding carboxylic acids is 1. The first-order valence-electron chi connectivity index (χ1n) is 7.46. The highest BCUT2D eigenvalue weighted by atomic mass is 16.5. The number of carboxylic acids is 1. The Hall–Kier alpha value is -1.68. The van der Waals surface area contributed by atoms with Crippen LogP contribution < -0.4 is 11.1 Å². The molecule has 0 saturated heterocycles. The molecule has 0 radical (unpaired) electrons. The number of carboxylic acid groups (broad SMARTS) is 1. The number of unbranched alkanes of at least 4 members (excludes halogenated alkanes) is 1. The fourth-order valence-corrected chi connectivity index (χ4v) is 2.13.